The van der Waals surface area contributed by atoms with Gasteiger partial charge in [0, 0.05) is 11.2 Å². The van der Waals surface area contributed by atoms with Gasteiger partial charge in [0.15, 0.2) is 0 Å². The highest BCUT2D eigenvalue weighted by molar-refractivity contribution is 6.30. The average molecular weight is 323 g/mol. The molecule has 0 bridgehead atoms. The van der Waals surface area contributed by atoms with E-state index in [0.717, 1.165) is 11.6 Å². The number of anilines is 1. The van der Waals surface area contributed by atoms with Crippen LogP contribution >= 0.6 is 11.6 Å². The molecule has 1 heterocycles. The van der Waals surface area contributed by atoms with Gasteiger partial charge in [-0.15, -0.1) is 0 Å². The maximum Gasteiger partial charge on any atom is 0.409 e. The van der Waals surface area contributed by atoms with Crippen LogP contribution in [-0.4, -0.2) is 12.2 Å². The Balaban J connectivity index is 0.000000921. The lowest BCUT2D eigenvalue weighted by molar-refractivity contribution is -0.142. The Morgan fingerprint density at radius 1 is 1.14 bits per heavy atom. The lowest BCUT2D eigenvalue weighted by Gasteiger charge is -2.22. The first-order valence-electron chi connectivity index (χ1n) is 6.94. The SMILES string of the molecule is CC.CC.Cc1ccc(Cl)cc1N1C=CC(C(F)(F)F)N1. The number of benzene rings is 1. The fourth-order valence-corrected chi connectivity index (χ4v) is 1.75. The molecule has 2 nitrogen and oxygen atoms in total. The van der Waals surface area contributed by atoms with Crippen molar-refractivity contribution in [3.8, 4) is 0 Å². The topological polar surface area (TPSA) is 15.3 Å². The third kappa shape index (κ3) is 5.59. The van der Waals surface area contributed by atoms with Gasteiger partial charge in [-0.3, -0.25) is 5.01 Å². The normalized spacial score (nSPS) is 16.8. The van der Waals surface area contributed by atoms with Crippen LogP contribution in [-0.2, 0) is 0 Å². The molecule has 1 N–H and O–H groups in total. The molecule has 1 aromatic carbocycles. The van der Waals surface area contributed by atoms with E-state index in [1.54, 1.807) is 18.2 Å². The summed E-state index contributed by atoms with van der Waals surface area (Å²) in [7, 11) is 0. The summed E-state index contributed by atoms with van der Waals surface area (Å²) in [5.41, 5.74) is 3.81. The first-order valence-corrected chi connectivity index (χ1v) is 7.32. The summed E-state index contributed by atoms with van der Waals surface area (Å²) < 4.78 is 37.4. The molecule has 21 heavy (non-hydrogen) atoms. The molecule has 0 spiro atoms. The summed E-state index contributed by atoms with van der Waals surface area (Å²) in [6.07, 6.45) is -1.87. The zero-order valence-corrected chi connectivity index (χ0v) is 13.7. The van der Waals surface area contributed by atoms with E-state index in [4.69, 9.17) is 11.6 Å². The van der Waals surface area contributed by atoms with Gasteiger partial charge < -0.3 is 0 Å². The van der Waals surface area contributed by atoms with Gasteiger partial charge >= 0.3 is 6.18 Å². The molecule has 0 saturated heterocycles. The zero-order valence-electron chi connectivity index (χ0n) is 12.9. The van der Waals surface area contributed by atoms with Crippen LogP contribution in [0.4, 0.5) is 18.9 Å². The van der Waals surface area contributed by atoms with Crippen LogP contribution in [0.25, 0.3) is 0 Å². The Labute approximate surface area is 129 Å². The average Bonchev–Trinajstić information content (AvgIpc) is 2.95. The minimum atomic E-state index is -4.29. The number of halogens is 4. The van der Waals surface area contributed by atoms with Crippen LogP contribution in [0.3, 0.4) is 0 Å². The highest BCUT2D eigenvalue weighted by Crippen LogP contribution is 2.29. The molecule has 0 radical (unpaired) electrons. The third-order valence-corrected chi connectivity index (χ3v) is 2.72. The minimum Gasteiger partial charge on any atom is -0.283 e. The van der Waals surface area contributed by atoms with Crippen molar-refractivity contribution in [2.24, 2.45) is 0 Å². The number of aryl methyl sites for hydroxylation is 1. The highest BCUT2D eigenvalue weighted by Gasteiger charge is 2.41. The van der Waals surface area contributed by atoms with Gasteiger partial charge in [-0.1, -0.05) is 45.4 Å². The first-order chi connectivity index (χ1) is 9.88. The molecule has 0 aromatic heterocycles. The molecule has 0 saturated carbocycles. The first kappa shape index (κ1) is 19.8. The van der Waals surface area contributed by atoms with Gasteiger partial charge in [-0.05, 0) is 30.7 Å². The molecule has 2 rings (SSSR count). The second kappa shape index (κ2) is 8.95. The van der Waals surface area contributed by atoms with Crippen molar-refractivity contribution in [3.63, 3.8) is 0 Å². The summed E-state index contributed by atoms with van der Waals surface area (Å²) in [5.74, 6) is 0. The standard InChI is InChI=1S/C11H10ClF3N2.2C2H6/c1-7-2-3-8(12)6-9(7)17-5-4-10(16-17)11(13,14)15;2*1-2/h2-6,10,16H,1H3;2*1-2H3. The maximum atomic E-state index is 12.5. The third-order valence-electron chi connectivity index (χ3n) is 2.49. The number of hydrogen-bond donors (Lipinski definition) is 1. The Morgan fingerprint density at radius 2 is 1.71 bits per heavy atom. The quantitative estimate of drug-likeness (QED) is 0.737. The van der Waals surface area contributed by atoms with E-state index in [2.05, 4.69) is 5.43 Å². The molecule has 1 unspecified atom stereocenters. The number of alkyl halides is 3. The van der Waals surface area contributed by atoms with E-state index in [-0.39, 0.29) is 0 Å². The van der Waals surface area contributed by atoms with Crippen LogP contribution < -0.4 is 10.4 Å². The van der Waals surface area contributed by atoms with E-state index in [9.17, 15) is 13.2 Å². The molecular weight excluding hydrogens is 301 g/mol. The highest BCUT2D eigenvalue weighted by atomic mass is 35.5. The monoisotopic (exact) mass is 322 g/mol. The van der Waals surface area contributed by atoms with Crippen LogP contribution in [0.1, 0.15) is 33.3 Å². The Kier molecular flexibility index (Phi) is 8.44. The zero-order chi connectivity index (χ0) is 16.6. The molecule has 1 aliphatic heterocycles. The molecule has 1 aliphatic rings. The molecule has 0 amide bonds. The van der Waals surface area contributed by atoms with Gasteiger partial charge in [0.25, 0.3) is 0 Å². The number of rotatable bonds is 1. The predicted octanol–water partition coefficient (Wildman–Crippen LogP) is 5.47. The number of hydrogen-bond acceptors (Lipinski definition) is 2. The van der Waals surface area contributed by atoms with Gasteiger partial charge in [0.2, 0.25) is 0 Å². The van der Waals surface area contributed by atoms with Crippen molar-refractivity contribution in [1.29, 1.82) is 0 Å². The Hall–Kier alpha value is -1.20. The van der Waals surface area contributed by atoms with Gasteiger partial charge in [0.05, 0.1) is 5.69 Å². The summed E-state index contributed by atoms with van der Waals surface area (Å²) in [6, 6.07) is 3.42. The van der Waals surface area contributed by atoms with Crippen LogP contribution in [0.2, 0.25) is 5.02 Å². The van der Waals surface area contributed by atoms with Crippen molar-refractivity contribution in [1.82, 2.24) is 5.43 Å². The number of hydrazine groups is 1. The number of nitrogens with zero attached hydrogens (tertiary/aromatic N) is 1. The van der Waals surface area contributed by atoms with Crippen LogP contribution in [0.15, 0.2) is 30.5 Å². The largest absolute Gasteiger partial charge is 0.409 e. The van der Waals surface area contributed by atoms with E-state index < -0.39 is 12.2 Å². The van der Waals surface area contributed by atoms with Gasteiger partial charge in [-0.2, -0.15) is 13.2 Å². The summed E-state index contributed by atoms with van der Waals surface area (Å²) in [5, 5.41) is 1.82. The molecular formula is C15H22ClF3N2. The summed E-state index contributed by atoms with van der Waals surface area (Å²) >= 11 is 5.82. The second-order valence-electron chi connectivity index (χ2n) is 3.79. The van der Waals surface area contributed by atoms with Gasteiger partial charge in [0.1, 0.15) is 6.04 Å². The van der Waals surface area contributed by atoms with Crippen molar-refractivity contribution < 1.29 is 13.2 Å². The fourth-order valence-electron chi connectivity index (χ4n) is 1.58. The maximum absolute atomic E-state index is 12.5. The summed E-state index contributed by atoms with van der Waals surface area (Å²) in [6.45, 7) is 9.81. The van der Waals surface area contributed by atoms with E-state index in [1.807, 2.05) is 34.6 Å². The van der Waals surface area contributed by atoms with Crippen molar-refractivity contribution in [3.05, 3.63) is 41.1 Å². The molecule has 120 valence electrons. The van der Waals surface area contributed by atoms with E-state index in [0.29, 0.717) is 10.7 Å². The second-order valence-corrected chi connectivity index (χ2v) is 4.23. The molecule has 0 aliphatic carbocycles. The molecule has 6 heteroatoms. The van der Waals surface area contributed by atoms with Crippen LogP contribution in [0.5, 0.6) is 0 Å². The minimum absolute atomic E-state index is 0.483. The fraction of sp³-hybridized carbons (Fsp3) is 0.467. The smallest absolute Gasteiger partial charge is 0.283 e. The van der Waals surface area contributed by atoms with E-state index >= 15 is 0 Å². The lowest BCUT2D eigenvalue weighted by atomic mass is 10.2. The van der Waals surface area contributed by atoms with Gasteiger partial charge in [-0.25, -0.2) is 5.43 Å². The lowest BCUT2D eigenvalue weighted by Crippen LogP contribution is -2.44. The van der Waals surface area contributed by atoms with Crippen LogP contribution in [0, 0.1) is 6.92 Å². The summed E-state index contributed by atoms with van der Waals surface area (Å²) in [4.78, 5) is 0. The van der Waals surface area contributed by atoms with E-state index in [1.165, 1.54) is 11.2 Å². The molecule has 1 aromatic rings. The predicted molar refractivity (Wildman–Crippen MR) is 83.5 cm³/mol. The van der Waals surface area contributed by atoms with Crippen molar-refractivity contribution >= 4 is 17.3 Å². The molecule has 0 fully saturated rings. The number of nitrogens with one attached hydrogen (secondary N) is 1. The van der Waals surface area contributed by atoms with Crippen molar-refractivity contribution in [2.75, 3.05) is 5.01 Å². The molecule has 1 atom stereocenters. The Morgan fingerprint density at radius 3 is 2.19 bits per heavy atom. The van der Waals surface area contributed by atoms with Crippen molar-refractivity contribution in [2.45, 2.75) is 46.8 Å². The Bertz CT molecular complexity index is 459.